The van der Waals surface area contributed by atoms with Crippen LogP contribution in [0.25, 0.3) is 0 Å². The normalized spacial score (nSPS) is 14.4. The number of rotatable bonds is 8. The first-order valence-corrected chi connectivity index (χ1v) is 11.8. The highest BCUT2D eigenvalue weighted by Crippen LogP contribution is 2.29. The van der Waals surface area contributed by atoms with Gasteiger partial charge < -0.3 is 4.74 Å². The van der Waals surface area contributed by atoms with Gasteiger partial charge >= 0.3 is 5.69 Å². The monoisotopic (exact) mass is 476 g/mol. The molecule has 0 saturated heterocycles. The molecule has 0 bridgehead atoms. The number of nitro groups is 1. The van der Waals surface area contributed by atoms with Crippen molar-refractivity contribution >= 4 is 45.7 Å². The Bertz CT molecular complexity index is 1080. The van der Waals surface area contributed by atoms with E-state index in [1.165, 1.54) is 4.68 Å². The molecule has 170 valence electrons. The summed E-state index contributed by atoms with van der Waals surface area (Å²) in [6.45, 7) is 5.58. The van der Waals surface area contributed by atoms with E-state index in [9.17, 15) is 14.9 Å². The van der Waals surface area contributed by atoms with E-state index in [2.05, 4.69) is 20.6 Å². The predicted molar refractivity (Wildman–Crippen MR) is 128 cm³/mol. The molecule has 0 unspecified atom stereocenters. The van der Waals surface area contributed by atoms with Crippen molar-refractivity contribution in [1.29, 1.82) is 0 Å². The lowest BCUT2D eigenvalue weighted by atomic mass is 10.1. The Morgan fingerprint density at radius 2 is 2.28 bits per heavy atom. The standard InChI is InChI=1S/C20H24N6O4S2/c1-12-18(26(28)29)13(2)25(24-12)14(3)19(27)23-22-10-15-5-6-17(30-4)16(9-15)11-32-20-21-7-8-31-20/h5-6,9-10,14H,7-8,11H2,1-4H3,(H,23,27)/b22-10-/t14-/m1/s1. The van der Waals surface area contributed by atoms with Gasteiger partial charge in [0.15, 0.2) is 0 Å². The number of carbonyl (C=O) groups excluding carboxylic acids is 1. The van der Waals surface area contributed by atoms with Crippen molar-refractivity contribution in [3.8, 4) is 5.75 Å². The molecule has 2 heterocycles. The van der Waals surface area contributed by atoms with Crippen LogP contribution < -0.4 is 10.2 Å². The number of nitrogens with one attached hydrogen (secondary N) is 1. The van der Waals surface area contributed by atoms with E-state index in [1.54, 1.807) is 57.6 Å². The molecule has 0 radical (unpaired) electrons. The topological polar surface area (TPSA) is 124 Å². The van der Waals surface area contributed by atoms with Gasteiger partial charge in [0.2, 0.25) is 0 Å². The van der Waals surface area contributed by atoms with Crippen LogP contribution in [0.4, 0.5) is 5.69 Å². The smallest absolute Gasteiger partial charge is 0.312 e. The number of carbonyl (C=O) groups is 1. The first-order chi connectivity index (χ1) is 15.3. The molecule has 0 spiro atoms. The first-order valence-electron chi connectivity index (χ1n) is 9.81. The molecule has 1 N–H and O–H groups in total. The van der Waals surface area contributed by atoms with Crippen LogP contribution in [-0.2, 0) is 10.5 Å². The van der Waals surface area contributed by atoms with Gasteiger partial charge in [-0.05, 0) is 44.5 Å². The molecule has 10 nitrogen and oxygen atoms in total. The van der Waals surface area contributed by atoms with Crippen LogP contribution in [0.15, 0.2) is 28.3 Å². The van der Waals surface area contributed by atoms with E-state index in [-0.39, 0.29) is 11.4 Å². The number of aromatic nitrogens is 2. The van der Waals surface area contributed by atoms with E-state index in [0.29, 0.717) is 5.69 Å². The maximum atomic E-state index is 12.5. The zero-order valence-electron chi connectivity index (χ0n) is 18.2. The second-order valence-corrected chi connectivity index (χ2v) is 9.29. The van der Waals surface area contributed by atoms with E-state index < -0.39 is 16.9 Å². The number of amides is 1. The van der Waals surface area contributed by atoms with Crippen LogP contribution in [-0.4, -0.2) is 50.6 Å². The molecule has 1 aliphatic rings. The highest BCUT2D eigenvalue weighted by molar-refractivity contribution is 8.38. The Labute approximate surface area is 194 Å². The second-order valence-electron chi connectivity index (χ2n) is 6.99. The van der Waals surface area contributed by atoms with Crippen molar-refractivity contribution in [2.75, 3.05) is 19.4 Å². The highest BCUT2D eigenvalue weighted by atomic mass is 32.2. The predicted octanol–water partition coefficient (Wildman–Crippen LogP) is 3.46. The van der Waals surface area contributed by atoms with E-state index in [0.717, 1.165) is 39.3 Å². The van der Waals surface area contributed by atoms with Gasteiger partial charge in [0, 0.05) is 17.1 Å². The minimum Gasteiger partial charge on any atom is -0.496 e. The number of methoxy groups -OCH3 is 1. The van der Waals surface area contributed by atoms with E-state index in [4.69, 9.17) is 4.74 Å². The Hall–Kier alpha value is -2.86. The number of aryl methyl sites for hydroxylation is 1. The minimum absolute atomic E-state index is 0.0845. The quantitative estimate of drug-likeness (QED) is 0.351. The summed E-state index contributed by atoms with van der Waals surface area (Å²) >= 11 is 3.43. The molecule has 1 aromatic carbocycles. The maximum Gasteiger partial charge on any atom is 0.312 e. The molecule has 1 aliphatic heterocycles. The molecule has 1 aromatic heterocycles. The van der Waals surface area contributed by atoms with Crippen LogP contribution in [0.5, 0.6) is 5.75 Å². The van der Waals surface area contributed by atoms with Crippen LogP contribution in [0.2, 0.25) is 0 Å². The molecule has 2 aromatic rings. The number of hydrazone groups is 1. The van der Waals surface area contributed by atoms with Gasteiger partial charge in [-0.1, -0.05) is 23.5 Å². The van der Waals surface area contributed by atoms with Gasteiger partial charge in [0.05, 0.1) is 24.8 Å². The third kappa shape index (κ3) is 5.49. The first kappa shape index (κ1) is 23.8. The number of benzene rings is 1. The number of hydrogen-bond acceptors (Lipinski definition) is 9. The molecule has 0 aliphatic carbocycles. The van der Waals surface area contributed by atoms with Crippen LogP contribution in [0, 0.1) is 24.0 Å². The molecule has 0 saturated carbocycles. The Kier molecular flexibility index (Phi) is 7.91. The number of aliphatic imine (C=N–C) groups is 1. The summed E-state index contributed by atoms with van der Waals surface area (Å²) in [7, 11) is 1.63. The highest BCUT2D eigenvalue weighted by Gasteiger charge is 2.26. The van der Waals surface area contributed by atoms with Crippen molar-refractivity contribution in [3.05, 3.63) is 50.8 Å². The summed E-state index contributed by atoms with van der Waals surface area (Å²) in [5, 5.41) is 19.4. The molecule has 3 rings (SSSR count). The number of thioether (sulfide) groups is 2. The fourth-order valence-electron chi connectivity index (χ4n) is 3.20. The summed E-state index contributed by atoms with van der Waals surface area (Å²) in [5.41, 5.74) is 4.79. The van der Waals surface area contributed by atoms with Crippen LogP contribution in [0.1, 0.15) is 35.5 Å². The lowest BCUT2D eigenvalue weighted by molar-refractivity contribution is -0.386. The van der Waals surface area contributed by atoms with Crippen molar-refractivity contribution in [3.63, 3.8) is 0 Å². The summed E-state index contributed by atoms with van der Waals surface area (Å²) in [5.74, 6) is 2.09. The fraction of sp³-hybridized carbons (Fsp3) is 0.400. The average Bonchev–Trinajstić information content (AvgIpc) is 3.39. The van der Waals surface area contributed by atoms with Crippen molar-refractivity contribution in [2.24, 2.45) is 10.1 Å². The molecular weight excluding hydrogens is 452 g/mol. The fourth-order valence-corrected chi connectivity index (χ4v) is 5.19. The zero-order valence-corrected chi connectivity index (χ0v) is 19.8. The largest absolute Gasteiger partial charge is 0.496 e. The molecule has 32 heavy (non-hydrogen) atoms. The van der Waals surface area contributed by atoms with Gasteiger partial charge in [0.25, 0.3) is 5.91 Å². The Balaban J connectivity index is 1.66. The van der Waals surface area contributed by atoms with Gasteiger partial charge in [-0.25, -0.2) is 5.43 Å². The van der Waals surface area contributed by atoms with Crippen molar-refractivity contribution < 1.29 is 14.5 Å². The average molecular weight is 477 g/mol. The SMILES string of the molecule is COc1ccc(/C=N\NC(=O)[C@@H](C)n2nc(C)c([N+](=O)[O-])c2C)cc1CSC1=NCCS1. The number of hydrogen-bond donors (Lipinski definition) is 1. The Morgan fingerprint density at radius 1 is 1.50 bits per heavy atom. The molecule has 0 fully saturated rings. The van der Waals surface area contributed by atoms with E-state index in [1.807, 2.05) is 18.2 Å². The molecule has 12 heteroatoms. The summed E-state index contributed by atoms with van der Waals surface area (Å²) in [6.07, 6.45) is 1.55. The summed E-state index contributed by atoms with van der Waals surface area (Å²) in [4.78, 5) is 27.6. The molecule has 1 amide bonds. The van der Waals surface area contributed by atoms with Crippen molar-refractivity contribution in [1.82, 2.24) is 15.2 Å². The van der Waals surface area contributed by atoms with Gasteiger partial charge in [0.1, 0.15) is 27.6 Å². The van der Waals surface area contributed by atoms with Crippen LogP contribution in [0.3, 0.4) is 0 Å². The third-order valence-electron chi connectivity index (χ3n) is 4.82. The van der Waals surface area contributed by atoms with E-state index >= 15 is 0 Å². The molecule has 1 atom stereocenters. The second kappa shape index (κ2) is 10.6. The van der Waals surface area contributed by atoms with Crippen molar-refractivity contribution in [2.45, 2.75) is 32.6 Å². The number of ether oxygens (including phenoxy) is 1. The summed E-state index contributed by atoms with van der Waals surface area (Å²) < 4.78 is 7.86. The lowest BCUT2D eigenvalue weighted by Crippen LogP contribution is -2.28. The number of nitrogens with zero attached hydrogens (tertiary/aromatic N) is 5. The van der Waals surface area contributed by atoms with Crippen LogP contribution >= 0.6 is 23.5 Å². The Morgan fingerprint density at radius 3 is 2.91 bits per heavy atom. The van der Waals surface area contributed by atoms with Gasteiger partial charge in [-0.3, -0.25) is 24.6 Å². The maximum absolute atomic E-state index is 12.5. The summed E-state index contributed by atoms with van der Waals surface area (Å²) in [6, 6.07) is 4.90. The van der Waals surface area contributed by atoms with Gasteiger partial charge in [-0.2, -0.15) is 10.2 Å². The third-order valence-corrected chi connectivity index (χ3v) is 7.12. The zero-order chi connectivity index (χ0) is 23.3. The molecular formula is C20H24N6O4S2. The lowest BCUT2D eigenvalue weighted by Gasteiger charge is -2.12. The minimum atomic E-state index is -0.757. The van der Waals surface area contributed by atoms with Gasteiger partial charge in [-0.15, -0.1) is 0 Å².